The molecule has 0 bridgehead atoms. The van der Waals surface area contributed by atoms with E-state index in [1.165, 1.54) is 0 Å². The lowest BCUT2D eigenvalue weighted by atomic mass is 9.64. The van der Waals surface area contributed by atoms with Crippen LogP contribution in [0.15, 0.2) is 12.2 Å². The van der Waals surface area contributed by atoms with Crippen molar-refractivity contribution in [2.75, 3.05) is 5.33 Å². The van der Waals surface area contributed by atoms with Crippen molar-refractivity contribution in [3.05, 3.63) is 12.2 Å². The Labute approximate surface area is 75.0 Å². The van der Waals surface area contributed by atoms with E-state index in [2.05, 4.69) is 28.1 Å². The molecule has 2 aliphatic rings. The van der Waals surface area contributed by atoms with Crippen LogP contribution < -0.4 is 0 Å². The molecule has 1 fully saturated rings. The highest BCUT2D eigenvalue weighted by Crippen LogP contribution is 2.45. The molecule has 0 N–H and O–H groups in total. The first-order valence-corrected chi connectivity index (χ1v) is 5.23. The quantitative estimate of drug-likeness (QED) is 0.509. The van der Waals surface area contributed by atoms with Gasteiger partial charge in [0.2, 0.25) is 0 Å². The smallest absolute Gasteiger partial charge is 0.140 e. The molecule has 0 saturated heterocycles. The van der Waals surface area contributed by atoms with Crippen molar-refractivity contribution in [3.8, 4) is 0 Å². The monoisotopic (exact) mass is 214 g/mol. The fourth-order valence-electron chi connectivity index (χ4n) is 2.19. The molecular weight excluding hydrogens is 204 g/mol. The van der Waals surface area contributed by atoms with Crippen LogP contribution in [0.1, 0.15) is 12.8 Å². The molecule has 60 valence electrons. The molecule has 0 aromatic carbocycles. The molecule has 2 aliphatic carbocycles. The maximum Gasteiger partial charge on any atom is 0.140 e. The summed E-state index contributed by atoms with van der Waals surface area (Å²) in [4.78, 5) is 11.4. The van der Waals surface area contributed by atoms with E-state index in [0.717, 1.165) is 18.2 Å². The summed E-state index contributed by atoms with van der Waals surface area (Å²) < 4.78 is 0. The summed E-state index contributed by atoms with van der Waals surface area (Å²) in [7, 11) is 0. The van der Waals surface area contributed by atoms with Gasteiger partial charge in [-0.1, -0.05) is 28.1 Å². The van der Waals surface area contributed by atoms with Crippen LogP contribution in [0.3, 0.4) is 0 Å². The van der Waals surface area contributed by atoms with Gasteiger partial charge in [0.1, 0.15) is 5.78 Å². The Balaban J connectivity index is 2.02. The van der Waals surface area contributed by atoms with Gasteiger partial charge in [0, 0.05) is 17.2 Å². The van der Waals surface area contributed by atoms with E-state index in [4.69, 9.17) is 0 Å². The first-order valence-electron chi connectivity index (χ1n) is 4.11. The number of carbonyl (C=O) groups excluding carboxylic acids is 1. The highest BCUT2D eigenvalue weighted by atomic mass is 79.9. The van der Waals surface area contributed by atoms with Crippen molar-refractivity contribution in [3.63, 3.8) is 0 Å². The first-order chi connectivity index (χ1) is 5.34. The SMILES string of the molecule is O=C1[C@@H](CCBr)[C@H]2C=CC[C@@H]12. The average Bonchev–Trinajstić information content (AvgIpc) is 2.44. The molecule has 0 unspecified atom stereocenters. The van der Waals surface area contributed by atoms with Gasteiger partial charge >= 0.3 is 0 Å². The molecule has 2 rings (SSSR count). The molecule has 1 nitrogen and oxygen atoms in total. The van der Waals surface area contributed by atoms with Crippen molar-refractivity contribution in [1.82, 2.24) is 0 Å². The predicted molar refractivity (Wildman–Crippen MR) is 47.6 cm³/mol. The van der Waals surface area contributed by atoms with Gasteiger partial charge in [-0.15, -0.1) is 0 Å². The van der Waals surface area contributed by atoms with Crippen LogP contribution >= 0.6 is 15.9 Å². The maximum atomic E-state index is 11.4. The predicted octanol–water partition coefficient (Wildman–Crippen LogP) is 2.16. The number of rotatable bonds is 2. The molecule has 2 heteroatoms. The van der Waals surface area contributed by atoms with E-state index in [1.54, 1.807) is 0 Å². The summed E-state index contributed by atoms with van der Waals surface area (Å²) in [5.74, 6) is 1.82. The van der Waals surface area contributed by atoms with Crippen molar-refractivity contribution in [2.24, 2.45) is 17.8 Å². The second-order valence-corrected chi connectivity index (χ2v) is 4.13. The Kier molecular flexibility index (Phi) is 1.88. The van der Waals surface area contributed by atoms with E-state index in [1.807, 2.05) is 0 Å². The first kappa shape index (κ1) is 7.53. The standard InChI is InChI=1S/C9H11BrO/c10-5-4-8-6-2-1-3-7(6)9(8)11/h1-2,6-8H,3-5H2/t6-,7+,8-/m0/s1. The topological polar surface area (TPSA) is 17.1 Å². The summed E-state index contributed by atoms with van der Waals surface area (Å²) >= 11 is 3.37. The number of Topliss-reactive ketones (excluding diaryl/α,β-unsaturated/α-hetero) is 1. The number of fused-ring (bicyclic) bond motifs is 1. The molecule has 3 atom stereocenters. The van der Waals surface area contributed by atoms with Gasteiger partial charge in [0.05, 0.1) is 0 Å². The van der Waals surface area contributed by atoms with Crippen LogP contribution in [0, 0.1) is 17.8 Å². The largest absolute Gasteiger partial charge is 0.299 e. The molecule has 0 aliphatic heterocycles. The molecule has 0 heterocycles. The Hall–Kier alpha value is -0.110. The van der Waals surface area contributed by atoms with E-state index < -0.39 is 0 Å². The molecule has 0 aromatic rings. The Morgan fingerprint density at radius 3 is 3.18 bits per heavy atom. The summed E-state index contributed by atoms with van der Waals surface area (Å²) in [6, 6.07) is 0. The summed E-state index contributed by atoms with van der Waals surface area (Å²) in [6.45, 7) is 0. The van der Waals surface area contributed by atoms with Gasteiger partial charge in [-0.05, 0) is 18.8 Å². The molecule has 0 aromatic heterocycles. The second-order valence-electron chi connectivity index (χ2n) is 3.33. The summed E-state index contributed by atoms with van der Waals surface area (Å²) in [5.41, 5.74) is 0. The van der Waals surface area contributed by atoms with Gasteiger partial charge in [-0.2, -0.15) is 0 Å². The lowest BCUT2D eigenvalue weighted by molar-refractivity contribution is -0.139. The number of allylic oxidation sites excluding steroid dienone is 2. The average molecular weight is 215 g/mol. The third kappa shape index (κ3) is 0.994. The minimum absolute atomic E-state index is 0.345. The van der Waals surface area contributed by atoms with Crippen molar-refractivity contribution < 1.29 is 4.79 Å². The van der Waals surface area contributed by atoms with Crippen LogP contribution in [0.25, 0.3) is 0 Å². The minimum atomic E-state index is 0.345. The van der Waals surface area contributed by atoms with Gasteiger partial charge in [0.15, 0.2) is 0 Å². The third-order valence-corrected chi connectivity index (χ3v) is 3.29. The van der Waals surface area contributed by atoms with E-state index in [-0.39, 0.29) is 0 Å². The zero-order chi connectivity index (χ0) is 7.84. The Bertz CT molecular complexity index is 210. The number of alkyl halides is 1. The number of hydrogen-bond donors (Lipinski definition) is 0. The number of hydrogen-bond acceptors (Lipinski definition) is 1. The van der Waals surface area contributed by atoms with Crippen molar-refractivity contribution in [2.45, 2.75) is 12.8 Å². The molecule has 0 amide bonds. The van der Waals surface area contributed by atoms with Crippen molar-refractivity contribution in [1.29, 1.82) is 0 Å². The molecule has 11 heavy (non-hydrogen) atoms. The van der Waals surface area contributed by atoms with Crippen molar-refractivity contribution >= 4 is 21.7 Å². The lowest BCUT2D eigenvalue weighted by Crippen LogP contribution is -2.44. The normalized spacial score (nSPS) is 40.5. The second kappa shape index (κ2) is 2.74. The van der Waals surface area contributed by atoms with E-state index in [9.17, 15) is 4.79 Å². The maximum absolute atomic E-state index is 11.4. The summed E-state index contributed by atoms with van der Waals surface area (Å²) in [6.07, 6.45) is 6.40. The highest BCUT2D eigenvalue weighted by molar-refractivity contribution is 9.09. The van der Waals surface area contributed by atoms with Crippen LogP contribution in [-0.2, 0) is 4.79 Å². The zero-order valence-electron chi connectivity index (χ0n) is 6.29. The summed E-state index contributed by atoms with van der Waals surface area (Å²) in [5, 5.41) is 0.959. The number of ketones is 1. The fourth-order valence-corrected chi connectivity index (χ4v) is 2.69. The number of carbonyl (C=O) groups is 1. The van der Waals surface area contributed by atoms with E-state index in [0.29, 0.717) is 23.5 Å². The lowest BCUT2D eigenvalue weighted by Gasteiger charge is -2.37. The molecular formula is C9H11BrO. The van der Waals surface area contributed by atoms with Crippen LogP contribution in [0.2, 0.25) is 0 Å². The van der Waals surface area contributed by atoms with Gasteiger partial charge in [0.25, 0.3) is 0 Å². The third-order valence-electron chi connectivity index (χ3n) is 2.83. The Morgan fingerprint density at radius 1 is 1.64 bits per heavy atom. The van der Waals surface area contributed by atoms with Crippen LogP contribution in [0.4, 0.5) is 0 Å². The minimum Gasteiger partial charge on any atom is -0.299 e. The zero-order valence-corrected chi connectivity index (χ0v) is 7.88. The molecule has 1 saturated carbocycles. The molecule has 0 spiro atoms. The van der Waals surface area contributed by atoms with Gasteiger partial charge < -0.3 is 0 Å². The Morgan fingerprint density at radius 2 is 2.45 bits per heavy atom. The van der Waals surface area contributed by atoms with Gasteiger partial charge in [-0.3, -0.25) is 4.79 Å². The highest BCUT2D eigenvalue weighted by Gasteiger charge is 2.48. The molecule has 0 radical (unpaired) electrons. The van der Waals surface area contributed by atoms with Gasteiger partial charge in [-0.25, -0.2) is 0 Å². The number of halogens is 1. The van der Waals surface area contributed by atoms with Crippen LogP contribution in [0.5, 0.6) is 0 Å². The van der Waals surface area contributed by atoms with E-state index >= 15 is 0 Å². The van der Waals surface area contributed by atoms with Crippen LogP contribution in [-0.4, -0.2) is 11.1 Å². The fraction of sp³-hybridized carbons (Fsp3) is 0.667.